The van der Waals surface area contributed by atoms with Gasteiger partial charge in [-0.3, -0.25) is 9.59 Å². The summed E-state index contributed by atoms with van der Waals surface area (Å²) in [6.45, 7) is 6.33. The first-order chi connectivity index (χ1) is 17.8. The molecular weight excluding hydrogens is 551 g/mol. The molecule has 0 aliphatic carbocycles. The number of amides is 2. The number of anilines is 1. The van der Waals surface area contributed by atoms with Crippen LogP contribution < -0.4 is 10.6 Å². The van der Waals surface area contributed by atoms with E-state index in [0.29, 0.717) is 38.3 Å². The van der Waals surface area contributed by atoms with E-state index in [0.717, 1.165) is 16.1 Å². The molecule has 1 atom stereocenters. The van der Waals surface area contributed by atoms with Crippen molar-refractivity contribution in [2.75, 3.05) is 11.1 Å². The SMILES string of the molecule is CCn1c(SCC(=O)Nc2nc(-c3ccccc3)c(C)s2)nnc1[C@H](C)NC(=O)c1ccc(Cl)c(Cl)c1. The third-order valence-corrected chi connectivity index (χ3v) is 7.99. The molecule has 0 spiro atoms. The highest BCUT2D eigenvalue weighted by Crippen LogP contribution is 2.30. The van der Waals surface area contributed by atoms with Crippen LogP contribution in [0.5, 0.6) is 0 Å². The van der Waals surface area contributed by atoms with Crippen molar-refractivity contribution in [2.24, 2.45) is 0 Å². The number of halogens is 2. The first-order valence-corrected chi connectivity index (χ1v) is 14.0. The molecule has 0 saturated heterocycles. The Morgan fingerprint density at radius 3 is 2.57 bits per heavy atom. The summed E-state index contributed by atoms with van der Waals surface area (Å²) in [6.07, 6.45) is 0. The molecule has 0 unspecified atom stereocenters. The zero-order valence-corrected chi connectivity index (χ0v) is 23.4. The molecule has 0 saturated carbocycles. The van der Waals surface area contributed by atoms with Crippen molar-refractivity contribution in [2.45, 2.75) is 38.5 Å². The second-order valence-corrected chi connectivity index (χ2v) is 11.0. The highest BCUT2D eigenvalue weighted by molar-refractivity contribution is 7.99. The largest absolute Gasteiger partial charge is 0.342 e. The lowest BCUT2D eigenvalue weighted by Gasteiger charge is -2.15. The third-order valence-electron chi connectivity index (χ3n) is 5.40. The topological polar surface area (TPSA) is 102 Å². The number of carbonyl (C=O) groups is 2. The number of carbonyl (C=O) groups excluding carboxylic acids is 2. The van der Waals surface area contributed by atoms with Crippen LogP contribution in [0.3, 0.4) is 0 Å². The summed E-state index contributed by atoms with van der Waals surface area (Å²) < 4.78 is 1.87. The smallest absolute Gasteiger partial charge is 0.251 e. The summed E-state index contributed by atoms with van der Waals surface area (Å²) in [5, 5.41) is 16.1. The maximum atomic E-state index is 12.7. The molecule has 0 aliphatic rings. The van der Waals surface area contributed by atoms with Gasteiger partial charge in [0.05, 0.1) is 27.5 Å². The van der Waals surface area contributed by atoms with Gasteiger partial charge < -0.3 is 15.2 Å². The van der Waals surface area contributed by atoms with Crippen molar-refractivity contribution in [3.8, 4) is 11.3 Å². The summed E-state index contributed by atoms with van der Waals surface area (Å²) >= 11 is 14.7. The summed E-state index contributed by atoms with van der Waals surface area (Å²) in [4.78, 5) is 30.9. The second kappa shape index (κ2) is 12.1. The number of hydrogen-bond acceptors (Lipinski definition) is 7. The molecule has 192 valence electrons. The van der Waals surface area contributed by atoms with Crippen LogP contribution in [0.1, 0.15) is 40.9 Å². The minimum Gasteiger partial charge on any atom is -0.342 e. The molecule has 8 nitrogen and oxygen atoms in total. The van der Waals surface area contributed by atoms with E-state index in [1.807, 2.05) is 55.7 Å². The lowest BCUT2D eigenvalue weighted by Crippen LogP contribution is -2.28. The van der Waals surface area contributed by atoms with Crippen LogP contribution >= 0.6 is 46.3 Å². The quantitative estimate of drug-likeness (QED) is 0.229. The van der Waals surface area contributed by atoms with E-state index in [9.17, 15) is 9.59 Å². The van der Waals surface area contributed by atoms with E-state index in [1.54, 1.807) is 12.1 Å². The Morgan fingerprint density at radius 1 is 1.11 bits per heavy atom. The van der Waals surface area contributed by atoms with Gasteiger partial charge in [-0.2, -0.15) is 0 Å². The van der Waals surface area contributed by atoms with E-state index in [4.69, 9.17) is 23.2 Å². The predicted octanol–water partition coefficient (Wildman–Crippen LogP) is 6.26. The van der Waals surface area contributed by atoms with Crippen LogP contribution in [0.4, 0.5) is 5.13 Å². The normalized spacial score (nSPS) is 11.8. The highest BCUT2D eigenvalue weighted by atomic mass is 35.5. The molecule has 2 amide bonds. The molecule has 2 heterocycles. The van der Waals surface area contributed by atoms with Crippen molar-refractivity contribution in [1.82, 2.24) is 25.1 Å². The highest BCUT2D eigenvalue weighted by Gasteiger charge is 2.21. The number of aryl methyl sites for hydroxylation is 1. The number of thioether (sulfide) groups is 1. The first kappa shape index (κ1) is 27.1. The molecule has 37 heavy (non-hydrogen) atoms. The first-order valence-electron chi connectivity index (χ1n) is 11.4. The Balaban J connectivity index is 1.37. The average molecular weight is 576 g/mol. The van der Waals surface area contributed by atoms with Crippen molar-refractivity contribution in [3.63, 3.8) is 0 Å². The van der Waals surface area contributed by atoms with E-state index in [1.165, 1.54) is 29.2 Å². The second-order valence-electron chi connectivity index (χ2n) is 8.04. The molecule has 0 radical (unpaired) electrons. The summed E-state index contributed by atoms with van der Waals surface area (Å²) in [6, 6.07) is 14.1. The van der Waals surface area contributed by atoms with Crippen LogP contribution in [-0.4, -0.2) is 37.3 Å². The van der Waals surface area contributed by atoms with Gasteiger partial charge in [0.15, 0.2) is 16.1 Å². The van der Waals surface area contributed by atoms with Crippen molar-refractivity contribution >= 4 is 63.2 Å². The van der Waals surface area contributed by atoms with Crippen LogP contribution in [0.2, 0.25) is 10.0 Å². The van der Waals surface area contributed by atoms with Gasteiger partial charge in [0.25, 0.3) is 5.91 Å². The van der Waals surface area contributed by atoms with Gasteiger partial charge in [-0.15, -0.1) is 21.5 Å². The number of rotatable bonds is 9. The molecule has 2 aromatic carbocycles. The van der Waals surface area contributed by atoms with Crippen LogP contribution in [0, 0.1) is 6.92 Å². The van der Waals surface area contributed by atoms with Crippen molar-refractivity contribution in [1.29, 1.82) is 0 Å². The summed E-state index contributed by atoms with van der Waals surface area (Å²) in [5.41, 5.74) is 2.26. The average Bonchev–Trinajstić information content (AvgIpc) is 3.47. The minimum absolute atomic E-state index is 0.140. The molecule has 0 fully saturated rings. The maximum Gasteiger partial charge on any atom is 0.251 e. The van der Waals surface area contributed by atoms with Crippen molar-refractivity contribution in [3.05, 3.63) is 74.8 Å². The van der Waals surface area contributed by atoms with Crippen molar-refractivity contribution < 1.29 is 9.59 Å². The van der Waals surface area contributed by atoms with E-state index in [-0.39, 0.29) is 17.6 Å². The lowest BCUT2D eigenvalue weighted by atomic mass is 10.1. The zero-order chi connectivity index (χ0) is 26.5. The van der Waals surface area contributed by atoms with Crippen LogP contribution in [0.25, 0.3) is 11.3 Å². The van der Waals surface area contributed by atoms with Gasteiger partial charge in [0.1, 0.15) is 0 Å². The van der Waals surface area contributed by atoms with Gasteiger partial charge in [-0.25, -0.2) is 4.98 Å². The number of benzene rings is 2. The summed E-state index contributed by atoms with van der Waals surface area (Å²) in [7, 11) is 0. The Hall–Kier alpha value is -2.92. The molecule has 12 heteroatoms. The number of nitrogens with one attached hydrogen (secondary N) is 2. The fourth-order valence-electron chi connectivity index (χ4n) is 3.61. The monoisotopic (exact) mass is 574 g/mol. The fourth-order valence-corrected chi connectivity index (χ4v) is 5.56. The predicted molar refractivity (Wildman–Crippen MR) is 150 cm³/mol. The standard InChI is InChI=1S/C25H24Cl2N6O2S2/c1-4-33-22(14(2)28-23(35)17-10-11-18(26)19(27)12-17)31-32-25(33)36-13-20(34)29-24-30-21(15(3)37-24)16-8-6-5-7-9-16/h5-12,14H,4,13H2,1-3H3,(H,28,35)(H,29,30,34)/t14-/m0/s1. The number of thiazole rings is 1. The van der Waals surface area contributed by atoms with Gasteiger partial charge in [0, 0.05) is 22.5 Å². The minimum atomic E-state index is -0.424. The molecule has 4 rings (SSSR count). The molecule has 2 N–H and O–H groups in total. The number of hydrogen-bond donors (Lipinski definition) is 2. The van der Waals surface area contributed by atoms with Gasteiger partial charge >= 0.3 is 0 Å². The summed E-state index contributed by atoms with van der Waals surface area (Å²) in [5.74, 6) is 0.230. The van der Waals surface area contributed by atoms with E-state index >= 15 is 0 Å². The van der Waals surface area contributed by atoms with E-state index < -0.39 is 6.04 Å². The Bertz CT molecular complexity index is 1420. The molecule has 0 aliphatic heterocycles. The van der Waals surface area contributed by atoms with Gasteiger partial charge in [-0.1, -0.05) is 65.3 Å². The Morgan fingerprint density at radius 2 is 1.86 bits per heavy atom. The van der Waals surface area contributed by atoms with Crippen LogP contribution in [-0.2, 0) is 11.3 Å². The maximum absolute atomic E-state index is 12.7. The fraction of sp³-hybridized carbons (Fsp3) is 0.240. The Kier molecular flexibility index (Phi) is 8.86. The van der Waals surface area contributed by atoms with Gasteiger partial charge in [-0.05, 0) is 39.0 Å². The van der Waals surface area contributed by atoms with Crippen LogP contribution in [0.15, 0.2) is 53.7 Å². The zero-order valence-electron chi connectivity index (χ0n) is 20.3. The number of aromatic nitrogens is 4. The lowest BCUT2D eigenvalue weighted by molar-refractivity contribution is -0.113. The third kappa shape index (κ3) is 6.51. The molecular formula is C25H24Cl2N6O2S2. The Labute approximate surface area is 232 Å². The molecule has 2 aromatic heterocycles. The molecule has 0 bridgehead atoms. The number of nitrogens with zero attached hydrogens (tertiary/aromatic N) is 4. The van der Waals surface area contributed by atoms with E-state index in [2.05, 4.69) is 25.8 Å². The molecule has 4 aromatic rings. The van der Waals surface area contributed by atoms with Gasteiger partial charge in [0.2, 0.25) is 5.91 Å².